The first-order valence-electron chi connectivity index (χ1n) is 3.61. The molecule has 1 aliphatic carbocycles. The van der Waals surface area contributed by atoms with Crippen molar-refractivity contribution in [3.8, 4) is 0 Å². The van der Waals surface area contributed by atoms with Crippen LogP contribution in [0, 0.1) is 12.3 Å². The minimum atomic E-state index is 0.837. The molecule has 0 bridgehead atoms. The zero-order chi connectivity index (χ0) is 5.82. The van der Waals surface area contributed by atoms with E-state index in [1.54, 1.807) is 0 Å². The molecule has 0 heteroatoms. The summed E-state index contributed by atoms with van der Waals surface area (Å²) in [6.07, 6.45) is 10.4. The van der Waals surface area contributed by atoms with Gasteiger partial charge in [-0.1, -0.05) is 26.2 Å². The van der Waals surface area contributed by atoms with Crippen molar-refractivity contribution in [1.82, 2.24) is 0 Å². The Morgan fingerprint density at radius 2 is 1.75 bits per heavy atom. The minimum Gasteiger partial charge on any atom is -0.0583 e. The van der Waals surface area contributed by atoms with Gasteiger partial charge in [-0.2, -0.15) is 0 Å². The molecule has 0 nitrogen and oxygen atoms in total. The predicted octanol–water partition coefficient (Wildman–Crippen LogP) is 2.67. The first-order valence-corrected chi connectivity index (χ1v) is 3.61. The second kappa shape index (κ2) is 3.11. The second-order valence-electron chi connectivity index (χ2n) is 2.62. The molecule has 0 unspecified atom stereocenters. The normalized spacial score (nSPS) is 23.6. The monoisotopic (exact) mass is 110 g/mol. The van der Waals surface area contributed by atoms with Gasteiger partial charge in [-0.25, -0.2) is 0 Å². The van der Waals surface area contributed by atoms with Crippen molar-refractivity contribution in [3.05, 3.63) is 6.42 Å². The van der Waals surface area contributed by atoms with Crippen molar-refractivity contribution < 1.29 is 0 Å². The average molecular weight is 110 g/mol. The van der Waals surface area contributed by atoms with Crippen LogP contribution in [0.15, 0.2) is 0 Å². The van der Waals surface area contributed by atoms with Crippen molar-refractivity contribution in [1.29, 1.82) is 0 Å². The van der Waals surface area contributed by atoms with Gasteiger partial charge >= 0.3 is 0 Å². The molecular weight excluding hydrogens is 96.1 g/mol. The van der Waals surface area contributed by atoms with Gasteiger partial charge in [0.15, 0.2) is 0 Å². The Kier molecular flexibility index (Phi) is 2.38. The number of rotatable bonds is 1. The molecular formula is C8H14. The van der Waals surface area contributed by atoms with Crippen molar-refractivity contribution in [3.63, 3.8) is 0 Å². The average Bonchev–Trinajstić information content (AvgIpc) is 1.90. The quantitative estimate of drug-likeness (QED) is 0.487. The topological polar surface area (TPSA) is 0 Å². The van der Waals surface area contributed by atoms with E-state index in [9.17, 15) is 0 Å². The van der Waals surface area contributed by atoms with Crippen LogP contribution >= 0.6 is 0 Å². The highest BCUT2D eigenvalue weighted by Gasteiger charge is 2.10. The standard InChI is InChI=1S/C8H14/c1-2-8-6-4-3-5-7-8/h8H,3-7H2,1H3. The van der Waals surface area contributed by atoms with Gasteiger partial charge in [-0.3, -0.25) is 0 Å². The molecule has 0 aromatic carbocycles. The lowest BCUT2D eigenvalue weighted by atomic mass is 9.88. The van der Waals surface area contributed by atoms with Crippen molar-refractivity contribution >= 4 is 0 Å². The molecule has 0 spiro atoms. The molecule has 0 atom stereocenters. The molecule has 46 valence electrons. The van der Waals surface area contributed by atoms with Crippen molar-refractivity contribution in [2.75, 3.05) is 0 Å². The summed E-state index contributed by atoms with van der Waals surface area (Å²) in [5.74, 6) is 0.837. The fourth-order valence-corrected chi connectivity index (χ4v) is 1.39. The Balaban J connectivity index is 2.13. The summed E-state index contributed by atoms with van der Waals surface area (Å²) in [5.41, 5.74) is 0. The first kappa shape index (κ1) is 6.12. The lowest BCUT2D eigenvalue weighted by Gasteiger charge is -2.18. The Morgan fingerprint density at radius 1 is 1.12 bits per heavy atom. The largest absolute Gasteiger partial charge is 0.0583 e. The van der Waals surface area contributed by atoms with Gasteiger partial charge in [0.25, 0.3) is 0 Å². The van der Waals surface area contributed by atoms with Crippen LogP contribution in [0.2, 0.25) is 0 Å². The smallest absolute Gasteiger partial charge is 0.0173 e. The van der Waals surface area contributed by atoms with Crippen LogP contribution in [-0.4, -0.2) is 0 Å². The third kappa shape index (κ3) is 1.50. The SMILES string of the molecule is C[C]C1CCCCC1. The lowest BCUT2D eigenvalue weighted by Crippen LogP contribution is -2.04. The third-order valence-electron chi connectivity index (χ3n) is 2.01. The molecule has 1 rings (SSSR count). The molecule has 0 aromatic rings. The van der Waals surface area contributed by atoms with E-state index in [-0.39, 0.29) is 0 Å². The molecule has 0 aliphatic heterocycles. The molecule has 0 N–H and O–H groups in total. The Labute approximate surface area is 52.3 Å². The van der Waals surface area contributed by atoms with Gasteiger partial charge in [0.2, 0.25) is 0 Å². The number of hydrogen-bond donors (Lipinski definition) is 0. The highest BCUT2D eigenvalue weighted by molar-refractivity contribution is 4.74. The summed E-state index contributed by atoms with van der Waals surface area (Å²) in [6, 6.07) is 0. The van der Waals surface area contributed by atoms with E-state index in [0.717, 1.165) is 5.92 Å². The summed E-state index contributed by atoms with van der Waals surface area (Å²) in [6.45, 7) is 2.07. The van der Waals surface area contributed by atoms with E-state index < -0.39 is 0 Å². The predicted molar refractivity (Wildman–Crippen MR) is 35.5 cm³/mol. The van der Waals surface area contributed by atoms with Gasteiger partial charge in [0.1, 0.15) is 0 Å². The van der Waals surface area contributed by atoms with Gasteiger partial charge in [-0.05, 0) is 25.2 Å². The van der Waals surface area contributed by atoms with Gasteiger partial charge in [-0.15, -0.1) is 0 Å². The van der Waals surface area contributed by atoms with E-state index in [1.807, 2.05) is 0 Å². The zero-order valence-electron chi connectivity index (χ0n) is 5.61. The fourth-order valence-electron chi connectivity index (χ4n) is 1.39. The Hall–Kier alpha value is 0. The van der Waals surface area contributed by atoms with Gasteiger partial charge in [0.05, 0.1) is 0 Å². The van der Waals surface area contributed by atoms with Crippen LogP contribution in [0.1, 0.15) is 39.0 Å². The maximum atomic E-state index is 3.30. The van der Waals surface area contributed by atoms with Crippen molar-refractivity contribution in [2.45, 2.75) is 39.0 Å². The Bertz CT molecular complexity index is 51.1. The van der Waals surface area contributed by atoms with E-state index in [0.29, 0.717) is 0 Å². The molecule has 0 heterocycles. The van der Waals surface area contributed by atoms with Gasteiger partial charge < -0.3 is 0 Å². The van der Waals surface area contributed by atoms with E-state index in [4.69, 9.17) is 0 Å². The van der Waals surface area contributed by atoms with Crippen LogP contribution in [0.3, 0.4) is 0 Å². The second-order valence-corrected chi connectivity index (χ2v) is 2.62. The van der Waals surface area contributed by atoms with Crippen LogP contribution in [-0.2, 0) is 0 Å². The van der Waals surface area contributed by atoms with E-state index in [2.05, 4.69) is 13.3 Å². The van der Waals surface area contributed by atoms with Crippen LogP contribution in [0.5, 0.6) is 0 Å². The summed E-state index contributed by atoms with van der Waals surface area (Å²) in [7, 11) is 0. The van der Waals surface area contributed by atoms with Gasteiger partial charge in [0, 0.05) is 0 Å². The van der Waals surface area contributed by atoms with Crippen molar-refractivity contribution in [2.24, 2.45) is 5.92 Å². The molecule has 0 saturated heterocycles. The summed E-state index contributed by atoms with van der Waals surface area (Å²) in [4.78, 5) is 0. The van der Waals surface area contributed by atoms with E-state index >= 15 is 0 Å². The third-order valence-corrected chi connectivity index (χ3v) is 2.01. The highest BCUT2D eigenvalue weighted by atomic mass is 14.2. The molecule has 1 aliphatic rings. The number of hydrogen-bond acceptors (Lipinski definition) is 0. The molecule has 1 fully saturated rings. The molecule has 2 radical (unpaired) electrons. The first-order chi connectivity index (χ1) is 3.93. The fraction of sp³-hybridized carbons (Fsp3) is 0.875. The Morgan fingerprint density at radius 3 is 2.12 bits per heavy atom. The van der Waals surface area contributed by atoms with Crippen LogP contribution < -0.4 is 0 Å². The lowest BCUT2D eigenvalue weighted by molar-refractivity contribution is 0.399. The highest BCUT2D eigenvalue weighted by Crippen LogP contribution is 2.24. The maximum Gasteiger partial charge on any atom is -0.0173 e. The van der Waals surface area contributed by atoms with E-state index in [1.165, 1.54) is 32.1 Å². The van der Waals surface area contributed by atoms with Crippen LogP contribution in [0.25, 0.3) is 0 Å². The van der Waals surface area contributed by atoms with Crippen LogP contribution in [0.4, 0.5) is 0 Å². The maximum absolute atomic E-state index is 3.30. The zero-order valence-corrected chi connectivity index (χ0v) is 5.61. The molecule has 1 saturated carbocycles. The molecule has 0 amide bonds. The summed E-state index contributed by atoms with van der Waals surface area (Å²) < 4.78 is 0. The minimum absolute atomic E-state index is 0.837. The molecule has 8 heavy (non-hydrogen) atoms. The molecule has 0 aromatic heterocycles. The summed E-state index contributed by atoms with van der Waals surface area (Å²) >= 11 is 0. The summed E-state index contributed by atoms with van der Waals surface area (Å²) in [5, 5.41) is 0.